The van der Waals surface area contributed by atoms with Gasteiger partial charge < -0.3 is 19.7 Å². The van der Waals surface area contributed by atoms with E-state index < -0.39 is 0 Å². The summed E-state index contributed by atoms with van der Waals surface area (Å²) in [6, 6.07) is 3.20. The number of piperazine rings is 1. The number of carbonyl (C=O) groups excluding carboxylic acids is 3. The predicted octanol–water partition coefficient (Wildman–Crippen LogP) is 1.05. The highest BCUT2D eigenvalue weighted by atomic mass is 16.7. The monoisotopic (exact) mass is 413 g/mol. The predicted molar refractivity (Wildman–Crippen MR) is 107 cm³/mol. The molecule has 1 aromatic carbocycles. The van der Waals surface area contributed by atoms with Crippen molar-refractivity contribution in [3.05, 3.63) is 35.2 Å². The van der Waals surface area contributed by atoms with Gasteiger partial charge in [-0.05, 0) is 25.5 Å². The average molecular weight is 413 g/mol. The van der Waals surface area contributed by atoms with E-state index in [-0.39, 0.29) is 30.9 Å². The van der Waals surface area contributed by atoms with Crippen molar-refractivity contribution in [3.63, 3.8) is 0 Å². The zero-order valence-corrected chi connectivity index (χ0v) is 16.9. The molecule has 2 aliphatic heterocycles. The Morgan fingerprint density at radius 1 is 1.13 bits per heavy atom. The van der Waals surface area contributed by atoms with Gasteiger partial charge in [-0.25, -0.2) is 0 Å². The summed E-state index contributed by atoms with van der Waals surface area (Å²) < 4.78 is 10.6. The molecule has 1 aromatic heterocycles. The molecule has 0 aliphatic carbocycles. The van der Waals surface area contributed by atoms with E-state index in [9.17, 15) is 14.4 Å². The van der Waals surface area contributed by atoms with Gasteiger partial charge in [-0.1, -0.05) is 0 Å². The highest BCUT2D eigenvalue weighted by Gasteiger charge is 2.26. The van der Waals surface area contributed by atoms with Gasteiger partial charge in [-0.2, -0.15) is 5.10 Å². The van der Waals surface area contributed by atoms with Crippen LogP contribution in [0.3, 0.4) is 0 Å². The molecule has 4 rings (SSSR count). The van der Waals surface area contributed by atoms with Crippen LogP contribution in [-0.4, -0.2) is 77.1 Å². The highest BCUT2D eigenvalue weighted by molar-refractivity contribution is 6.05. The number of rotatable bonds is 5. The number of aromatic amines is 1. The van der Waals surface area contributed by atoms with Gasteiger partial charge in [-0.15, -0.1) is 0 Å². The van der Waals surface area contributed by atoms with Gasteiger partial charge >= 0.3 is 0 Å². The molecule has 158 valence electrons. The van der Waals surface area contributed by atoms with Gasteiger partial charge in [0.15, 0.2) is 17.3 Å². The first-order chi connectivity index (χ1) is 14.4. The Labute approximate surface area is 173 Å². The lowest BCUT2D eigenvalue weighted by Gasteiger charge is -2.34. The van der Waals surface area contributed by atoms with Crippen LogP contribution < -0.4 is 14.8 Å². The Morgan fingerprint density at radius 2 is 1.83 bits per heavy atom. The van der Waals surface area contributed by atoms with Gasteiger partial charge in [0.25, 0.3) is 5.91 Å². The fourth-order valence-electron chi connectivity index (χ4n) is 3.56. The van der Waals surface area contributed by atoms with Crippen molar-refractivity contribution in [3.8, 4) is 11.5 Å². The normalized spacial score (nSPS) is 15.9. The van der Waals surface area contributed by atoms with E-state index in [0.29, 0.717) is 54.6 Å². The molecular weight excluding hydrogens is 390 g/mol. The molecule has 0 bridgehead atoms. The second-order valence-corrected chi connectivity index (χ2v) is 7.35. The summed E-state index contributed by atoms with van der Waals surface area (Å²) >= 11 is 0. The summed E-state index contributed by atoms with van der Waals surface area (Å²) in [5.41, 5.74) is 2.09. The molecule has 1 saturated heterocycles. The molecule has 2 aromatic rings. The minimum atomic E-state index is -0.236. The number of carbonyl (C=O) groups is 3. The summed E-state index contributed by atoms with van der Waals surface area (Å²) in [5.74, 6) is 0.494. The zero-order chi connectivity index (χ0) is 21.3. The number of anilines is 1. The summed E-state index contributed by atoms with van der Waals surface area (Å²) in [5, 5.41) is 9.44. The lowest BCUT2D eigenvalue weighted by Crippen LogP contribution is -2.50. The number of Topliss-reactive ketones (excluding diaryl/α,β-unsaturated/α-hetero) is 1. The molecule has 2 N–H and O–H groups in total. The molecule has 0 atom stereocenters. The Kier molecular flexibility index (Phi) is 5.40. The topological polar surface area (TPSA) is 117 Å². The summed E-state index contributed by atoms with van der Waals surface area (Å²) in [6.07, 6.45) is 1.62. The molecular formula is C20H23N5O5. The molecule has 0 radical (unpaired) electrons. The van der Waals surface area contributed by atoms with E-state index in [1.54, 1.807) is 23.2 Å². The standard InChI is InChI=1S/C20H23N5O5/c1-12-9-21-23-19(12)20(28)25-5-3-24(4-6-25)10-18(27)22-15-8-17-16(29-11-30-17)7-14(15)13(2)26/h7-9H,3-6,10-11H2,1-2H3,(H,21,23)(H,22,27). The van der Waals surface area contributed by atoms with E-state index in [4.69, 9.17) is 9.47 Å². The number of amides is 2. The van der Waals surface area contributed by atoms with Gasteiger partial charge in [0.2, 0.25) is 12.7 Å². The van der Waals surface area contributed by atoms with Crippen molar-refractivity contribution in [2.24, 2.45) is 0 Å². The van der Waals surface area contributed by atoms with Gasteiger partial charge in [0.1, 0.15) is 5.69 Å². The third kappa shape index (κ3) is 3.99. The summed E-state index contributed by atoms with van der Waals surface area (Å²) in [7, 11) is 0. The van der Waals surface area contributed by atoms with Crippen molar-refractivity contribution < 1.29 is 23.9 Å². The lowest BCUT2D eigenvalue weighted by atomic mass is 10.1. The lowest BCUT2D eigenvalue weighted by molar-refractivity contribution is -0.117. The first-order valence-electron chi connectivity index (χ1n) is 9.68. The molecule has 0 spiro atoms. The molecule has 0 unspecified atom stereocenters. The number of nitrogens with one attached hydrogen (secondary N) is 2. The number of ketones is 1. The molecule has 10 heteroatoms. The van der Waals surface area contributed by atoms with Crippen LogP contribution in [-0.2, 0) is 4.79 Å². The Balaban J connectivity index is 1.34. The van der Waals surface area contributed by atoms with Gasteiger partial charge in [-0.3, -0.25) is 24.4 Å². The van der Waals surface area contributed by atoms with Gasteiger partial charge in [0, 0.05) is 37.8 Å². The van der Waals surface area contributed by atoms with Crippen LogP contribution in [0.4, 0.5) is 5.69 Å². The molecule has 10 nitrogen and oxygen atoms in total. The Bertz CT molecular complexity index is 993. The number of fused-ring (bicyclic) bond motifs is 1. The van der Waals surface area contributed by atoms with Crippen molar-refractivity contribution in [2.45, 2.75) is 13.8 Å². The van der Waals surface area contributed by atoms with Crippen molar-refractivity contribution in [1.29, 1.82) is 0 Å². The molecule has 2 amide bonds. The number of benzene rings is 1. The summed E-state index contributed by atoms with van der Waals surface area (Å²) in [4.78, 5) is 40.8. The first kappa shape index (κ1) is 19.9. The van der Waals surface area contributed by atoms with E-state index in [1.165, 1.54) is 6.92 Å². The molecule has 2 aliphatic rings. The highest BCUT2D eigenvalue weighted by Crippen LogP contribution is 2.37. The third-order valence-corrected chi connectivity index (χ3v) is 5.24. The molecule has 30 heavy (non-hydrogen) atoms. The fourth-order valence-corrected chi connectivity index (χ4v) is 3.56. The SMILES string of the molecule is CC(=O)c1cc2c(cc1NC(=O)CN1CCN(C(=O)c3[nH]ncc3C)CC1)OCO2. The first-order valence-corrected chi connectivity index (χ1v) is 9.68. The molecule has 1 fully saturated rings. The maximum Gasteiger partial charge on any atom is 0.272 e. The zero-order valence-electron chi connectivity index (χ0n) is 16.9. The minimum absolute atomic E-state index is 0.0828. The molecule has 3 heterocycles. The van der Waals surface area contributed by atoms with Gasteiger partial charge in [0.05, 0.1) is 18.4 Å². The number of hydrogen-bond donors (Lipinski definition) is 2. The quantitative estimate of drug-likeness (QED) is 0.704. The van der Waals surface area contributed by atoms with E-state index in [1.807, 2.05) is 11.8 Å². The molecule has 0 saturated carbocycles. The summed E-state index contributed by atoms with van der Waals surface area (Å²) in [6.45, 7) is 5.72. The second kappa shape index (κ2) is 8.15. The van der Waals surface area contributed by atoms with Crippen molar-refractivity contribution in [2.75, 3.05) is 44.8 Å². The number of nitrogens with zero attached hydrogens (tertiary/aromatic N) is 3. The van der Waals surface area contributed by atoms with Crippen LogP contribution in [0.25, 0.3) is 0 Å². The van der Waals surface area contributed by atoms with Crippen molar-refractivity contribution >= 4 is 23.3 Å². The van der Waals surface area contributed by atoms with Crippen molar-refractivity contribution in [1.82, 2.24) is 20.0 Å². The van der Waals surface area contributed by atoms with Crippen LogP contribution in [0.15, 0.2) is 18.3 Å². The number of H-pyrrole nitrogens is 1. The maximum absolute atomic E-state index is 12.6. The van der Waals surface area contributed by atoms with Crippen LogP contribution in [0.1, 0.15) is 33.3 Å². The smallest absolute Gasteiger partial charge is 0.272 e. The van der Waals surface area contributed by atoms with Crippen LogP contribution >= 0.6 is 0 Å². The Hall–Kier alpha value is -3.40. The Morgan fingerprint density at radius 3 is 2.47 bits per heavy atom. The fraction of sp³-hybridized carbons (Fsp3) is 0.400. The van der Waals surface area contributed by atoms with E-state index in [0.717, 1.165) is 5.56 Å². The minimum Gasteiger partial charge on any atom is -0.454 e. The van der Waals surface area contributed by atoms with E-state index >= 15 is 0 Å². The van der Waals surface area contributed by atoms with Crippen LogP contribution in [0.5, 0.6) is 11.5 Å². The number of aryl methyl sites for hydroxylation is 1. The number of ether oxygens (including phenoxy) is 2. The number of aromatic nitrogens is 2. The second-order valence-electron chi connectivity index (χ2n) is 7.35. The average Bonchev–Trinajstić information content (AvgIpc) is 3.35. The largest absolute Gasteiger partial charge is 0.454 e. The van der Waals surface area contributed by atoms with Crippen LogP contribution in [0.2, 0.25) is 0 Å². The maximum atomic E-state index is 12.6. The third-order valence-electron chi connectivity index (χ3n) is 5.24. The van der Waals surface area contributed by atoms with E-state index in [2.05, 4.69) is 15.5 Å². The number of hydrogen-bond acceptors (Lipinski definition) is 7. The van der Waals surface area contributed by atoms with Crippen LogP contribution in [0, 0.1) is 6.92 Å².